The number of carbonyl (C=O) groups excluding carboxylic acids is 1. The number of fused-ring (bicyclic) bond motifs is 1. The predicted octanol–water partition coefficient (Wildman–Crippen LogP) is 2.61. The van der Waals surface area contributed by atoms with Crippen LogP contribution in [0.3, 0.4) is 0 Å². The Morgan fingerprint density at radius 1 is 1.24 bits per heavy atom. The van der Waals surface area contributed by atoms with E-state index in [-0.39, 0.29) is 5.24 Å². The van der Waals surface area contributed by atoms with Crippen LogP contribution >= 0.6 is 11.6 Å². The van der Waals surface area contributed by atoms with Crippen molar-refractivity contribution >= 4 is 22.8 Å². The summed E-state index contributed by atoms with van der Waals surface area (Å²) in [5, 5.41) is 8.41. The zero-order valence-corrected chi connectivity index (χ0v) is 12.8. The molecule has 1 saturated heterocycles. The molecule has 0 radical (unpaired) electrons. The summed E-state index contributed by atoms with van der Waals surface area (Å²) in [6.07, 6.45) is 0.370. The highest BCUT2D eigenvalue weighted by molar-refractivity contribution is 6.62. The molecule has 114 valence electrons. The maximum Gasteiger partial charge on any atom is 0.303 e. The van der Waals surface area contributed by atoms with Gasteiger partial charge in [-0.3, -0.25) is 14.5 Å². The molecule has 2 fully saturated rings. The maximum atomic E-state index is 10.6. The van der Waals surface area contributed by atoms with Crippen molar-refractivity contribution in [2.75, 3.05) is 13.1 Å². The second kappa shape index (κ2) is 7.05. The van der Waals surface area contributed by atoms with E-state index in [0.717, 1.165) is 19.6 Å². The lowest BCUT2D eigenvalue weighted by molar-refractivity contribution is -0.137. The van der Waals surface area contributed by atoms with E-state index in [0.29, 0.717) is 24.2 Å². The van der Waals surface area contributed by atoms with Crippen LogP contribution in [-0.4, -0.2) is 34.3 Å². The first kappa shape index (κ1) is 16.0. The van der Waals surface area contributed by atoms with Gasteiger partial charge in [-0.25, -0.2) is 0 Å². The molecule has 5 heteroatoms. The van der Waals surface area contributed by atoms with Crippen molar-refractivity contribution in [3.63, 3.8) is 0 Å². The highest BCUT2D eigenvalue weighted by atomic mass is 35.5. The van der Waals surface area contributed by atoms with Gasteiger partial charge in [0, 0.05) is 33.0 Å². The van der Waals surface area contributed by atoms with Gasteiger partial charge in [0.25, 0.3) is 0 Å². The van der Waals surface area contributed by atoms with Crippen LogP contribution in [0.25, 0.3) is 0 Å². The number of hydrogen-bond acceptors (Lipinski definition) is 3. The highest BCUT2D eigenvalue weighted by Gasteiger charge is 2.55. The third-order valence-electron chi connectivity index (χ3n) is 4.11. The highest BCUT2D eigenvalue weighted by Crippen LogP contribution is 2.53. The van der Waals surface area contributed by atoms with Crippen molar-refractivity contribution in [1.82, 2.24) is 4.90 Å². The summed E-state index contributed by atoms with van der Waals surface area (Å²) in [5.41, 5.74) is 1.35. The van der Waals surface area contributed by atoms with Crippen LogP contribution in [0.1, 0.15) is 18.9 Å². The van der Waals surface area contributed by atoms with E-state index in [1.165, 1.54) is 12.5 Å². The van der Waals surface area contributed by atoms with Crippen molar-refractivity contribution in [3.05, 3.63) is 35.9 Å². The molecule has 3 rings (SSSR count). The van der Waals surface area contributed by atoms with E-state index in [2.05, 4.69) is 40.8 Å². The Labute approximate surface area is 129 Å². The van der Waals surface area contributed by atoms with Gasteiger partial charge >= 0.3 is 5.97 Å². The van der Waals surface area contributed by atoms with E-state index in [1.807, 2.05) is 6.07 Å². The smallest absolute Gasteiger partial charge is 0.303 e. The maximum absolute atomic E-state index is 10.6. The molecule has 0 amide bonds. The third kappa shape index (κ3) is 4.83. The molecule has 0 unspecified atom stereocenters. The van der Waals surface area contributed by atoms with E-state index >= 15 is 0 Å². The molecule has 0 bridgehead atoms. The van der Waals surface area contributed by atoms with Crippen molar-refractivity contribution in [3.8, 4) is 0 Å². The second-order valence-electron chi connectivity index (χ2n) is 5.74. The van der Waals surface area contributed by atoms with Gasteiger partial charge in [0.05, 0.1) is 0 Å². The number of halogens is 1. The molecule has 1 heterocycles. The van der Waals surface area contributed by atoms with Crippen LogP contribution < -0.4 is 0 Å². The van der Waals surface area contributed by atoms with E-state index in [4.69, 9.17) is 5.11 Å². The van der Waals surface area contributed by atoms with Gasteiger partial charge in [0.2, 0.25) is 5.24 Å². The normalized spacial score (nSPS) is 26.5. The van der Waals surface area contributed by atoms with E-state index in [9.17, 15) is 9.59 Å². The molecule has 1 N–H and O–H groups in total. The molecule has 2 aliphatic rings. The SMILES string of the molecule is CC(=O)Cl.O=C(O)C[C@H]1[C@H]2CN(Cc3ccccc3)C[C@@H]12. The first-order valence-corrected chi connectivity index (χ1v) is 7.49. The summed E-state index contributed by atoms with van der Waals surface area (Å²) in [6, 6.07) is 10.5. The number of carboxylic acid groups (broad SMARTS) is 1. The van der Waals surface area contributed by atoms with Crippen LogP contribution in [0.5, 0.6) is 0 Å². The average molecular weight is 310 g/mol. The molecule has 0 spiro atoms. The number of aliphatic carboxylic acids is 1. The van der Waals surface area contributed by atoms with Gasteiger partial charge in [-0.2, -0.15) is 0 Å². The molecule has 0 aromatic heterocycles. The molecule has 1 aliphatic carbocycles. The van der Waals surface area contributed by atoms with Crippen molar-refractivity contribution in [2.45, 2.75) is 19.9 Å². The van der Waals surface area contributed by atoms with Crippen LogP contribution in [-0.2, 0) is 16.1 Å². The summed E-state index contributed by atoms with van der Waals surface area (Å²) >= 11 is 4.64. The average Bonchev–Trinajstić information content (AvgIpc) is 2.84. The number of carboxylic acids is 1. The fourth-order valence-corrected chi connectivity index (χ4v) is 3.21. The lowest BCUT2D eigenvalue weighted by atomic mass is 10.1. The summed E-state index contributed by atoms with van der Waals surface area (Å²) in [7, 11) is 0. The van der Waals surface area contributed by atoms with Gasteiger partial charge in [0.15, 0.2) is 0 Å². The number of hydrogen-bond donors (Lipinski definition) is 1. The van der Waals surface area contributed by atoms with Crippen molar-refractivity contribution in [2.24, 2.45) is 17.8 Å². The van der Waals surface area contributed by atoms with Crippen molar-refractivity contribution in [1.29, 1.82) is 0 Å². The minimum atomic E-state index is -0.640. The van der Waals surface area contributed by atoms with Crippen LogP contribution in [0.15, 0.2) is 30.3 Å². The molecule has 1 aliphatic heterocycles. The first-order valence-electron chi connectivity index (χ1n) is 7.11. The van der Waals surface area contributed by atoms with Gasteiger partial charge in [-0.05, 0) is 34.9 Å². The number of likely N-dealkylation sites (tertiary alicyclic amines) is 1. The Kier molecular flexibility index (Phi) is 5.37. The number of benzene rings is 1. The summed E-state index contributed by atoms with van der Waals surface area (Å²) in [5.74, 6) is 1.11. The van der Waals surface area contributed by atoms with Gasteiger partial charge in [0.1, 0.15) is 0 Å². The molecule has 21 heavy (non-hydrogen) atoms. The fourth-order valence-electron chi connectivity index (χ4n) is 3.21. The fraction of sp³-hybridized carbons (Fsp3) is 0.500. The molecular weight excluding hydrogens is 290 g/mol. The lowest BCUT2D eigenvalue weighted by Gasteiger charge is -2.18. The largest absolute Gasteiger partial charge is 0.481 e. The quantitative estimate of drug-likeness (QED) is 0.869. The zero-order chi connectivity index (χ0) is 15.4. The standard InChI is InChI=1S/C14H17NO2.C2H3ClO/c16-14(17)6-11-12-8-15(9-13(11)12)7-10-4-2-1-3-5-10;1-2(3)4/h1-5,11-13H,6-9H2,(H,16,17);1H3/t11-,12+,13-;. The minimum absolute atomic E-state index is 0.361. The monoisotopic (exact) mass is 309 g/mol. The Morgan fingerprint density at radius 2 is 1.76 bits per heavy atom. The Balaban J connectivity index is 0.000000361. The number of carbonyl (C=O) groups is 2. The van der Waals surface area contributed by atoms with Gasteiger partial charge < -0.3 is 5.11 Å². The molecular formula is C16H20ClNO3. The first-order chi connectivity index (χ1) is 9.97. The zero-order valence-electron chi connectivity index (χ0n) is 12.0. The second-order valence-corrected chi connectivity index (χ2v) is 6.27. The summed E-state index contributed by atoms with van der Waals surface area (Å²) in [4.78, 5) is 22.3. The Bertz CT molecular complexity index is 490. The van der Waals surface area contributed by atoms with Crippen LogP contribution in [0.4, 0.5) is 0 Å². The van der Waals surface area contributed by atoms with E-state index < -0.39 is 5.97 Å². The summed E-state index contributed by atoms with van der Waals surface area (Å²) in [6.45, 7) is 4.46. The third-order valence-corrected chi connectivity index (χ3v) is 4.11. The molecule has 1 aromatic carbocycles. The molecule has 3 atom stereocenters. The van der Waals surface area contributed by atoms with Crippen LogP contribution in [0, 0.1) is 17.8 Å². The lowest BCUT2D eigenvalue weighted by Crippen LogP contribution is -2.24. The number of piperidine rings is 1. The van der Waals surface area contributed by atoms with Crippen molar-refractivity contribution < 1.29 is 14.7 Å². The predicted molar refractivity (Wildman–Crippen MR) is 81.0 cm³/mol. The van der Waals surface area contributed by atoms with Gasteiger partial charge in [-0.15, -0.1) is 0 Å². The minimum Gasteiger partial charge on any atom is -0.481 e. The summed E-state index contributed by atoms with van der Waals surface area (Å²) < 4.78 is 0. The van der Waals surface area contributed by atoms with Crippen LogP contribution in [0.2, 0.25) is 0 Å². The topological polar surface area (TPSA) is 57.6 Å². The number of nitrogens with zero attached hydrogens (tertiary/aromatic N) is 1. The number of rotatable bonds is 4. The molecule has 4 nitrogen and oxygen atoms in total. The van der Waals surface area contributed by atoms with Gasteiger partial charge in [-0.1, -0.05) is 30.3 Å². The molecule has 1 aromatic rings. The Morgan fingerprint density at radius 3 is 2.24 bits per heavy atom. The molecule has 1 saturated carbocycles. The Hall–Kier alpha value is -1.39. The van der Waals surface area contributed by atoms with E-state index in [1.54, 1.807) is 0 Å².